The Morgan fingerprint density at radius 1 is 1.62 bits per heavy atom. The van der Waals surface area contributed by atoms with E-state index in [0.29, 0.717) is 4.90 Å². The number of rotatable bonds is 4. The summed E-state index contributed by atoms with van der Waals surface area (Å²) >= 11 is 0. The van der Waals surface area contributed by atoms with Crippen LogP contribution < -0.4 is 5.32 Å². The minimum atomic E-state index is -4.63. The van der Waals surface area contributed by atoms with Crippen LogP contribution in [-0.2, 0) is 9.59 Å². The summed E-state index contributed by atoms with van der Waals surface area (Å²) in [6, 6.07) is -2.08. The molecule has 0 aromatic rings. The van der Waals surface area contributed by atoms with E-state index in [-0.39, 0.29) is 19.4 Å². The van der Waals surface area contributed by atoms with Gasteiger partial charge < -0.3 is 15.3 Å². The summed E-state index contributed by atoms with van der Waals surface area (Å²) in [6.07, 6.45) is -5.89. The molecule has 1 heterocycles. The lowest BCUT2D eigenvalue weighted by atomic mass is 10.2. The number of hydrogen-bond donors (Lipinski definition) is 2. The number of aliphatic hydroxyl groups is 1. The second-order valence-corrected chi connectivity index (χ2v) is 3.42. The van der Waals surface area contributed by atoms with Crippen molar-refractivity contribution in [1.82, 2.24) is 10.2 Å². The first-order valence-electron chi connectivity index (χ1n) is 4.60. The Balaban J connectivity index is 2.77. The van der Waals surface area contributed by atoms with E-state index in [2.05, 4.69) is 0 Å². The monoisotopic (exact) mass is 240 g/mol. The van der Waals surface area contributed by atoms with Gasteiger partial charge in [0.05, 0.1) is 0 Å². The van der Waals surface area contributed by atoms with Gasteiger partial charge in [-0.2, -0.15) is 13.2 Å². The Labute approximate surface area is 89.2 Å². The quantitative estimate of drug-likeness (QED) is 0.636. The van der Waals surface area contributed by atoms with E-state index in [9.17, 15) is 22.8 Å². The fraction of sp³-hybridized carbons (Fsp3) is 0.750. The zero-order valence-electron chi connectivity index (χ0n) is 8.20. The lowest BCUT2D eigenvalue weighted by molar-refractivity contribution is -0.186. The largest absolute Gasteiger partial charge is 0.410 e. The first-order valence-corrected chi connectivity index (χ1v) is 4.60. The van der Waals surface area contributed by atoms with Crippen LogP contribution in [0.3, 0.4) is 0 Å². The molecule has 2 amide bonds. The van der Waals surface area contributed by atoms with Crippen molar-refractivity contribution in [2.75, 3.05) is 13.1 Å². The smallest absolute Gasteiger partial charge is 0.383 e. The van der Waals surface area contributed by atoms with Gasteiger partial charge in [0.15, 0.2) is 0 Å². The van der Waals surface area contributed by atoms with Crippen LogP contribution in [0.25, 0.3) is 0 Å². The van der Waals surface area contributed by atoms with E-state index >= 15 is 0 Å². The number of nitrogens with one attached hydrogen (secondary N) is 1. The fourth-order valence-corrected chi connectivity index (χ4v) is 1.56. The number of likely N-dealkylation sites (tertiary alicyclic amines) is 1. The molecule has 8 heteroatoms. The number of hydrogen-bond acceptors (Lipinski definition) is 3. The second-order valence-electron chi connectivity index (χ2n) is 3.42. The van der Waals surface area contributed by atoms with Crippen molar-refractivity contribution < 1.29 is 27.9 Å². The predicted octanol–water partition coefficient (Wildman–Crippen LogP) is -0.743. The van der Waals surface area contributed by atoms with Crippen LogP contribution in [0.1, 0.15) is 6.42 Å². The Morgan fingerprint density at radius 2 is 2.25 bits per heavy atom. The normalized spacial score (nSPS) is 23.4. The van der Waals surface area contributed by atoms with Gasteiger partial charge in [-0.1, -0.05) is 0 Å². The average molecular weight is 240 g/mol. The van der Waals surface area contributed by atoms with Gasteiger partial charge in [0, 0.05) is 13.1 Å². The highest BCUT2D eigenvalue weighted by molar-refractivity contribution is 5.83. The Kier molecular flexibility index (Phi) is 3.74. The summed E-state index contributed by atoms with van der Waals surface area (Å²) in [7, 11) is 0. The fourth-order valence-electron chi connectivity index (χ4n) is 1.56. The number of alkyl halides is 3. The van der Waals surface area contributed by atoms with Crippen molar-refractivity contribution in [2.45, 2.75) is 24.7 Å². The van der Waals surface area contributed by atoms with Crippen LogP contribution in [0.4, 0.5) is 13.2 Å². The number of carbonyl (C=O) groups excluding carboxylic acids is 2. The van der Waals surface area contributed by atoms with Gasteiger partial charge in [0.2, 0.25) is 6.41 Å². The molecule has 0 saturated carbocycles. The predicted molar refractivity (Wildman–Crippen MR) is 46.2 cm³/mol. The SMILES string of the molecule is O=CNC[C@H](N1CC[C@H](O)C1=O)C(F)(F)F. The van der Waals surface area contributed by atoms with Crippen LogP contribution in [0, 0.1) is 0 Å². The molecule has 0 aliphatic carbocycles. The molecule has 2 N–H and O–H groups in total. The zero-order valence-corrected chi connectivity index (χ0v) is 8.20. The van der Waals surface area contributed by atoms with Crippen LogP contribution in [0.5, 0.6) is 0 Å². The van der Waals surface area contributed by atoms with E-state index in [1.54, 1.807) is 0 Å². The number of carbonyl (C=O) groups is 2. The number of nitrogens with zero attached hydrogens (tertiary/aromatic N) is 1. The summed E-state index contributed by atoms with van der Waals surface area (Å²) in [5, 5.41) is 11.0. The highest BCUT2D eigenvalue weighted by Gasteiger charge is 2.48. The van der Waals surface area contributed by atoms with Crippen molar-refractivity contribution >= 4 is 12.3 Å². The van der Waals surface area contributed by atoms with E-state index in [1.807, 2.05) is 5.32 Å². The number of amides is 2. The van der Waals surface area contributed by atoms with E-state index < -0.39 is 30.8 Å². The zero-order chi connectivity index (χ0) is 12.3. The standard InChI is InChI=1S/C8H11F3N2O3/c9-8(10,11)6(3-12-4-14)13-2-1-5(15)7(13)16/h4-6,15H,1-3H2,(H,12,14)/t5-,6-/m0/s1. The van der Waals surface area contributed by atoms with Gasteiger partial charge in [0.1, 0.15) is 12.1 Å². The van der Waals surface area contributed by atoms with Crippen LogP contribution in [-0.4, -0.2) is 53.7 Å². The summed E-state index contributed by atoms with van der Waals surface area (Å²) in [5.41, 5.74) is 0. The topological polar surface area (TPSA) is 69.6 Å². The van der Waals surface area contributed by atoms with Gasteiger partial charge in [-0.05, 0) is 6.42 Å². The first-order chi connectivity index (χ1) is 7.38. The third-order valence-corrected chi connectivity index (χ3v) is 2.36. The molecule has 16 heavy (non-hydrogen) atoms. The van der Waals surface area contributed by atoms with Gasteiger partial charge >= 0.3 is 6.18 Å². The maximum Gasteiger partial charge on any atom is 0.410 e. The molecule has 5 nitrogen and oxygen atoms in total. The van der Waals surface area contributed by atoms with Gasteiger partial charge in [-0.15, -0.1) is 0 Å². The van der Waals surface area contributed by atoms with Crippen molar-refractivity contribution in [1.29, 1.82) is 0 Å². The summed E-state index contributed by atoms with van der Waals surface area (Å²) < 4.78 is 37.7. The van der Waals surface area contributed by atoms with Gasteiger partial charge in [-0.25, -0.2) is 0 Å². The van der Waals surface area contributed by atoms with Crippen LogP contribution >= 0.6 is 0 Å². The van der Waals surface area contributed by atoms with E-state index in [0.717, 1.165) is 0 Å². The Morgan fingerprint density at radius 3 is 2.62 bits per heavy atom. The van der Waals surface area contributed by atoms with Crippen molar-refractivity contribution in [3.63, 3.8) is 0 Å². The number of aliphatic hydroxyl groups excluding tert-OH is 1. The molecule has 2 atom stereocenters. The highest BCUT2D eigenvalue weighted by atomic mass is 19.4. The average Bonchev–Trinajstić information content (AvgIpc) is 2.48. The summed E-state index contributed by atoms with van der Waals surface area (Å²) in [5.74, 6) is -0.949. The summed E-state index contributed by atoms with van der Waals surface area (Å²) in [4.78, 5) is 21.7. The van der Waals surface area contributed by atoms with Crippen molar-refractivity contribution in [3.8, 4) is 0 Å². The molecule has 0 radical (unpaired) electrons. The molecule has 1 saturated heterocycles. The molecule has 0 unspecified atom stereocenters. The minimum Gasteiger partial charge on any atom is -0.383 e. The van der Waals surface area contributed by atoms with Gasteiger partial charge in [-0.3, -0.25) is 9.59 Å². The molecular formula is C8H11F3N2O3. The molecule has 0 aromatic carbocycles. The second kappa shape index (κ2) is 4.69. The van der Waals surface area contributed by atoms with Crippen LogP contribution in [0.2, 0.25) is 0 Å². The molecule has 1 fully saturated rings. The van der Waals surface area contributed by atoms with Crippen molar-refractivity contribution in [2.24, 2.45) is 0 Å². The molecule has 0 aromatic heterocycles. The third kappa shape index (κ3) is 2.63. The van der Waals surface area contributed by atoms with Crippen LogP contribution in [0.15, 0.2) is 0 Å². The first kappa shape index (κ1) is 12.8. The Hall–Kier alpha value is -1.31. The van der Waals surface area contributed by atoms with Crippen molar-refractivity contribution in [3.05, 3.63) is 0 Å². The molecular weight excluding hydrogens is 229 g/mol. The molecule has 92 valence electrons. The molecule has 1 rings (SSSR count). The molecule has 1 aliphatic rings. The van der Waals surface area contributed by atoms with Gasteiger partial charge in [0.25, 0.3) is 5.91 Å². The lowest BCUT2D eigenvalue weighted by Gasteiger charge is -2.29. The maximum absolute atomic E-state index is 12.6. The lowest BCUT2D eigenvalue weighted by Crippen LogP contribution is -2.52. The minimum absolute atomic E-state index is 0.0213. The van der Waals surface area contributed by atoms with E-state index in [4.69, 9.17) is 5.11 Å². The molecule has 1 aliphatic heterocycles. The highest BCUT2D eigenvalue weighted by Crippen LogP contribution is 2.27. The number of halogens is 3. The molecule has 0 spiro atoms. The third-order valence-electron chi connectivity index (χ3n) is 2.36. The molecule has 0 bridgehead atoms. The van der Waals surface area contributed by atoms with E-state index in [1.165, 1.54) is 0 Å². The summed E-state index contributed by atoms with van der Waals surface area (Å²) in [6.45, 7) is -0.865. The maximum atomic E-state index is 12.6. The Bertz CT molecular complexity index is 282.